The molecule has 7 aromatic rings. The average Bonchev–Trinajstić information content (AvgIpc) is 3.55. The molecule has 0 saturated carbocycles. The van der Waals surface area contributed by atoms with Crippen molar-refractivity contribution in [3.8, 4) is 22.8 Å². The van der Waals surface area contributed by atoms with Crippen molar-refractivity contribution in [2.24, 2.45) is 0 Å². The van der Waals surface area contributed by atoms with Crippen LogP contribution < -0.4 is 0 Å². The number of rotatable bonds is 2. The van der Waals surface area contributed by atoms with Crippen LogP contribution in [0.4, 0.5) is 0 Å². The second kappa shape index (κ2) is 7.21. The Morgan fingerprint density at radius 2 is 1.27 bits per heavy atom. The van der Waals surface area contributed by atoms with E-state index in [0.29, 0.717) is 0 Å². The molecule has 1 aliphatic carbocycles. The van der Waals surface area contributed by atoms with Crippen LogP contribution in [0.1, 0.15) is 25.0 Å². The molecular weight excluding hydrogens is 450 g/mol. The number of para-hydroxylation sites is 4. The van der Waals surface area contributed by atoms with Gasteiger partial charge in [0.2, 0.25) is 5.95 Å². The van der Waals surface area contributed by atoms with E-state index in [9.17, 15) is 0 Å². The third kappa shape index (κ3) is 2.63. The number of benzene rings is 5. The van der Waals surface area contributed by atoms with Crippen LogP contribution >= 0.6 is 0 Å². The average molecular weight is 476 g/mol. The first-order valence-corrected chi connectivity index (χ1v) is 12.8. The van der Waals surface area contributed by atoms with Crippen LogP contribution in [0.5, 0.6) is 0 Å². The van der Waals surface area contributed by atoms with Crippen LogP contribution in [-0.2, 0) is 5.41 Å². The van der Waals surface area contributed by atoms with E-state index in [1.165, 1.54) is 44.1 Å². The minimum absolute atomic E-state index is 0.0685. The third-order valence-electron chi connectivity index (χ3n) is 8.14. The molecule has 3 nitrogen and oxygen atoms in total. The zero-order valence-electron chi connectivity index (χ0n) is 20.8. The minimum Gasteiger partial charge on any atom is -0.278 e. The summed E-state index contributed by atoms with van der Waals surface area (Å²) in [6.07, 6.45) is 0. The summed E-state index contributed by atoms with van der Waals surface area (Å²) in [4.78, 5) is 5.28. The molecule has 0 fully saturated rings. The molecule has 0 radical (unpaired) electrons. The van der Waals surface area contributed by atoms with Crippen molar-refractivity contribution >= 4 is 32.8 Å². The largest absolute Gasteiger partial charge is 0.278 e. The first kappa shape index (κ1) is 20.6. The van der Waals surface area contributed by atoms with E-state index in [1.54, 1.807) is 0 Å². The Morgan fingerprint density at radius 1 is 0.568 bits per heavy atom. The van der Waals surface area contributed by atoms with Gasteiger partial charge in [0.05, 0.1) is 22.1 Å². The predicted molar refractivity (Wildman–Crippen MR) is 153 cm³/mol. The lowest BCUT2D eigenvalue weighted by Gasteiger charge is -2.21. The number of hydrogen-bond donors (Lipinski definition) is 0. The zero-order chi connectivity index (χ0) is 24.7. The fourth-order valence-corrected chi connectivity index (χ4v) is 6.44. The van der Waals surface area contributed by atoms with Gasteiger partial charge in [-0.2, -0.15) is 0 Å². The first-order chi connectivity index (χ1) is 18.1. The van der Waals surface area contributed by atoms with Crippen molar-refractivity contribution in [3.63, 3.8) is 0 Å². The lowest BCUT2D eigenvalue weighted by Crippen LogP contribution is -2.14. The molecule has 0 bridgehead atoms. The zero-order valence-corrected chi connectivity index (χ0v) is 20.8. The predicted octanol–water partition coefficient (Wildman–Crippen LogP) is 8.43. The van der Waals surface area contributed by atoms with Gasteiger partial charge in [-0.3, -0.25) is 9.13 Å². The standard InChI is InChI=1S/C34H25N3/c1-34(2)26-16-8-6-15-25(26)31-27(34)21-20-24-23-14-7-10-18-29(23)37(32(24)31)33-35-28-17-9-11-19-30(28)36(33)22-12-4-3-5-13-22/h3-21H,1-2H3. The summed E-state index contributed by atoms with van der Waals surface area (Å²) in [7, 11) is 0. The van der Waals surface area contributed by atoms with Crippen molar-refractivity contribution in [2.45, 2.75) is 19.3 Å². The highest BCUT2D eigenvalue weighted by Gasteiger charge is 2.37. The van der Waals surface area contributed by atoms with Gasteiger partial charge in [-0.05, 0) is 47.0 Å². The molecule has 5 aromatic carbocycles. The van der Waals surface area contributed by atoms with Crippen LogP contribution in [0.25, 0.3) is 55.6 Å². The minimum atomic E-state index is -0.0685. The van der Waals surface area contributed by atoms with E-state index >= 15 is 0 Å². The van der Waals surface area contributed by atoms with Crippen molar-refractivity contribution in [1.29, 1.82) is 0 Å². The molecule has 1 aliphatic rings. The highest BCUT2D eigenvalue weighted by Crippen LogP contribution is 2.52. The highest BCUT2D eigenvalue weighted by molar-refractivity contribution is 6.15. The van der Waals surface area contributed by atoms with Gasteiger partial charge >= 0.3 is 0 Å². The Hall–Kier alpha value is -4.63. The van der Waals surface area contributed by atoms with Crippen LogP contribution in [0.3, 0.4) is 0 Å². The second-order valence-electron chi connectivity index (χ2n) is 10.5. The molecule has 2 aromatic heterocycles. The van der Waals surface area contributed by atoms with Gasteiger partial charge in [-0.25, -0.2) is 4.98 Å². The molecule has 0 spiro atoms. The topological polar surface area (TPSA) is 22.8 Å². The summed E-state index contributed by atoms with van der Waals surface area (Å²) < 4.78 is 4.70. The smallest absolute Gasteiger partial charge is 0.220 e. The van der Waals surface area contributed by atoms with Crippen LogP contribution in [0, 0.1) is 0 Å². The van der Waals surface area contributed by atoms with Gasteiger partial charge in [0, 0.05) is 27.4 Å². The van der Waals surface area contributed by atoms with Crippen molar-refractivity contribution < 1.29 is 0 Å². The molecule has 37 heavy (non-hydrogen) atoms. The maximum absolute atomic E-state index is 5.28. The number of imidazole rings is 1. The van der Waals surface area contributed by atoms with Gasteiger partial charge in [-0.1, -0.05) is 98.8 Å². The molecular formula is C34H25N3. The van der Waals surface area contributed by atoms with Crippen LogP contribution in [0.2, 0.25) is 0 Å². The van der Waals surface area contributed by atoms with Crippen molar-refractivity contribution in [2.75, 3.05) is 0 Å². The first-order valence-electron chi connectivity index (χ1n) is 12.8. The fourth-order valence-electron chi connectivity index (χ4n) is 6.44. The number of fused-ring (bicyclic) bond motifs is 8. The number of nitrogens with zero attached hydrogens (tertiary/aromatic N) is 3. The second-order valence-corrected chi connectivity index (χ2v) is 10.5. The lowest BCUT2D eigenvalue weighted by molar-refractivity contribution is 0.660. The number of hydrogen-bond acceptors (Lipinski definition) is 1. The normalized spacial score (nSPS) is 13.9. The van der Waals surface area contributed by atoms with E-state index in [2.05, 4.69) is 138 Å². The monoisotopic (exact) mass is 475 g/mol. The maximum Gasteiger partial charge on any atom is 0.220 e. The van der Waals surface area contributed by atoms with Crippen LogP contribution in [-0.4, -0.2) is 14.1 Å². The molecule has 0 atom stereocenters. The molecule has 0 amide bonds. The van der Waals surface area contributed by atoms with Gasteiger partial charge in [0.15, 0.2) is 0 Å². The van der Waals surface area contributed by atoms with Gasteiger partial charge in [0.25, 0.3) is 0 Å². The van der Waals surface area contributed by atoms with Crippen molar-refractivity contribution in [3.05, 3.63) is 126 Å². The molecule has 0 aliphatic heterocycles. The Bertz CT molecular complexity index is 2000. The van der Waals surface area contributed by atoms with Gasteiger partial charge in [-0.15, -0.1) is 0 Å². The summed E-state index contributed by atoms with van der Waals surface area (Å²) in [5.41, 5.74) is 10.9. The Labute approximate surface area is 215 Å². The Kier molecular flexibility index (Phi) is 4.00. The van der Waals surface area contributed by atoms with Crippen molar-refractivity contribution in [1.82, 2.24) is 14.1 Å². The Balaban J connectivity index is 1.61. The maximum atomic E-state index is 5.28. The molecule has 2 heterocycles. The summed E-state index contributed by atoms with van der Waals surface area (Å²) in [5.74, 6) is 0.911. The summed E-state index contributed by atoms with van der Waals surface area (Å²) in [6, 6.07) is 41.3. The van der Waals surface area contributed by atoms with Crippen LogP contribution in [0.15, 0.2) is 115 Å². The summed E-state index contributed by atoms with van der Waals surface area (Å²) in [6.45, 7) is 4.69. The lowest BCUT2D eigenvalue weighted by atomic mass is 9.82. The third-order valence-corrected chi connectivity index (χ3v) is 8.14. The Morgan fingerprint density at radius 3 is 2.14 bits per heavy atom. The van der Waals surface area contributed by atoms with E-state index < -0.39 is 0 Å². The van der Waals surface area contributed by atoms with E-state index in [0.717, 1.165) is 22.7 Å². The van der Waals surface area contributed by atoms with E-state index in [1.807, 2.05) is 0 Å². The summed E-state index contributed by atoms with van der Waals surface area (Å²) in [5, 5.41) is 2.50. The quantitative estimate of drug-likeness (QED) is 0.246. The van der Waals surface area contributed by atoms with Gasteiger partial charge < -0.3 is 0 Å². The summed E-state index contributed by atoms with van der Waals surface area (Å²) >= 11 is 0. The molecule has 176 valence electrons. The fraction of sp³-hybridized carbons (Fsp3) is 0.0882. The molecule has 0 unspecified atom stereocenters. The molecule has 3 heteroatoms. The molecule has 0 N–H and O–H groups in total. The number of aromatic nitrogens is 3. The molecule has 8 rings (SSSR count). The van der Waals surface area contributed by atoms with E-state index in [4.69, 9.17) is 4.98 Å². The molecule has 0 saturated heterocycles. The van der Waals surface area contributed by atoms with Gasteiger partial charge in [0.1, 0.15) is 0 Å². The highest BCUT2D eigenvalue weighted by atomic mass is 15.2. The van der Waals surface area contributed by atoms with E-state index in [-0.39, 0.29) is 5.41 Å². The SMILES string of the molecule is CC1(C)c2ccccc2-c2c1ccc1c3ccccc3n(-c3nc4ccccc4n3-c3ccccc3)c21.